The number of aryl methyl sites for hydroxylation is 1. The molecule has 0 atom stereocenters. The molecule has 27 heavy (non-hydrogen) atoms. The summed E-state index contributed by atoms with van der Waals surface area (Å²) in [6, 6.07) is 12.9. The van der Waals surface area contributed by atoms with E-state index in [1.807, 2.05) is 19.1 Å². The Bertz CT molecular complexity index is 1310. The molecule has 0 unspecified atom stereocenters. The summed E-state index contributed by atoms with van der Waals surface area (Å²) in [7, 11) is -2.89. The highest BCUT2D eigenvalue weighted by Gasteiger charge is 2.28. The van der Waals surface area contributed by atoms with Crippen molar-refractivity contribution in [3.63, 3.8) is 0 Å². The first-order valence-electron chi connectivity index (χ1n) is 7.97. The molecule has 0 aliphatic heterocycles. The second-order valence-electron chi connectivity index (χ2n) is 5.98. The van der Waals surface area contributed by atoms with E-state index >= 15 is 0 Å². The minimum absolute atomic E-state index is 0.0466. The van der Waals surface area contributed by atoms with Gasteiger partial charge in [0.15, 0.2) is 5.65 Å². The van der Waals surface area contributed by atoms with Gasteiger partial charge in [0, 0.05) is 5.39 Å². The Morgan fingerprint density at radius 3 is 2.63 bits per heavy atom. The van der Waals surface area contributed by atoms with Crippen LogP contribution in [-0.4, -0.2) is 41.5 Å². The summed E-state index contributed by atoms with van der Waals surface area (Å²) in [5.74, 6) is -0.735. The van der Waals surface area contributed by atoms with Gasteiger partial charge in [-0.25, -0.2) is 13.2 Å². The molecule has 0 saturated heterocycles. The molecule has 0 bridgehead atoms. The SMILES string of the molecule is COC(=O)c1ccccc1S(=O)(=O)c1cc2ccc(C)cc2n2nnnc12. The van der Waals surface area contributed by atoms with E-state index in [0.717, 1.165) is 5.56 Å². The van der Waals surface area contributed by atoms with Crippen molar-refractivity contribution in [1.29, 1.82) is 0 Å². The van der Waals surface area contributed by atoms with E-state index in [9.17, 15) is 13.2 Å². The van der Waals surface area contributed by atoms with Gasteiger partial charge in [0.2, 0.25) is 9.84 Å². The van der Waals surface area contributed by atoms with Gasteiger partial charge in [0.25, 0.3) is 0 Å². The number of tetrazole rings is 1. The number of nitrogens with zero attached hydrogens (tertiary/aromatic N) is 4. The second-order valence-corrected chi connectivity index (χ2v) is 7.86. The highest BCUT2D eigenvalue weighted by molar-refractivity contribution is 7.91. The smallest absolute Gasteiger partial charge is 0.339 e. The Kier molecular flexibility index (Phi) is 3.88. The van der Waals surface area contributed by atoms with Crippen molar-refractivity contribution >= 4 is 32.4 Å². The fourth-order valence-corrected chi connectivity index (χ4v) is 4.55. The molecule has 4 aromatic rings. The van der Waals surface area contributed by atoms with E-state index in [2.05, 4.69) is 15.5 Å². The lowest BCUT2D eigenvalue weighted by Gasteiger charge is -2.11. The van der Waals surface area contributed by atoms with Gasteiger partial charge in [-0.15, -0.1) is 5.10 Å². The highest BCUT2D eigenvalue weighted by atomic mass is 32.2. The average molecular weight is 382 g/mol. The number of aromatic nitrogens is 4. The third kappa shape index (κ3) is 2.63. The molecule has 0 saturated carbocycles. The van der Waals surface area contributed by atoms with Crippen molar-refractivity contribution in [2.45, 2.75) is 16.7 Å². The number of ether oxygens (including phenoxy) is 1. The summed E-state index contributed by atoms with van der Waals surface area (Å²) in [5, 5.41) is 12.1. The molecule has 8 nitrogen and oxygen atoms in total. The number of fused-ring (bicyclic) bond motifs is 3. The standard InChI is InChI=1S/C18H14N4O4S/c1-11-7-8-12-10-16(17-19-20-21-22(17)14(12)9-11)27(24,25)15-6-4-3-5-13(15)18(23)26-2/h3-10H,1-2H3. The van der Waals surface area contributed by atoms with Crippen LogP contribution in [0.5, 0.6) is 0 Å². The van der Waals surface area contributed by atoms with Gasteiger partial charge < -0.3 is 4.74 Å². The lowest BCUT2D eigenvalue weighted by Crippen LogP contribution is -2.12. The van der Waals surface area contributed by atoms with Crippen LogP contribution in [0.25, 0.3) is 16.6 Å². The second kappa shape index (κ2) is 6.13. The van der Waals surface area contributed by atoms with Crippen LogP contribution < -0.4 is 0 Å². The predicted octanol–water partition coefficient (Wildman–Crippen LogP) is 2.21. The third-order valence-electron chi connectivity index (χ3n) is 4.26. The Morgan fingerprint density at radius 1 is 1.07 bits per heavy atom. The van der Waals surface area contributed by atoms with Crippen LogP contribution in [-0.2, 0) is 14.6 Å². The molecule has 136 valence electrons. The number of carbonyl (C=O) groups excluding carboxylic acids is 1. The van der Waals surface area contributed by atoms with Crippen LogP contribution in [0.4, 0.5) is 0 Å². The summed E-state index contributed by atoms with van der Waals surface area (Å²) >= 11 is 0. The van der Waals surface area contributed by atoms with E-state index in [4.69, 9.17) is 4.74 Å². The first-order chi connectivity index (χ1) is 12.9. The van der Waals surface area contributed by atoms with Gasteiger partial charge in [-0.1, -0.05) is 24.3 Å². The Morgan fingerprint density at radius 2 is 1.85 bits per heavy atom. The van der Waals surface area contributed by atoms with Crippen molar-refractivity contribution in [3.05, 3.63) is 59.7 Å². The molecule has 0 aliphatic rings. The molecular formula is C18H14N4O4S. The van der Waals surface area contributed by atoms with Gasteiger partial charge in [0.05, 0.1) is 23.1 Å². The van der Waals surface area contributed by atoms with Crippen molar-refractivity contribution in [2.75, 3.05) is 7.11 Å². The predicted molar refractivity (Wildman–Crippen MR) is 96.3 cm³/mol. The van der Waals surface area contributed by atoms with Gasteiger partial charge in [-0.05, 0) is 47.2 Å². The number of benzene rings is 2. The molecular weight excluding hydrogens is 368 g/mol. The normalized spacial score (nSPS) is 11.8. The zero-order valence-corrected chi connectivity index (χ0v) is 15.3. The van der Waals surface area contributed by atoms with E-state index < -0.39 is 15.8 Å². The number of hydrogen-bond acceptors (Lipinski definition) is 7. The van der Waals surface area contributed by atoms with Crippen molar-refractivity contribution in [3.8, 4) is 0 Å². The van der Waals surface area contributed by atoms with Gasteiger partial charge in [0.1, 0.15) is 4.90 Å². The molecule has 0 radical (unpaired) electrons. The van der Waals surface area contributed by atoms with Crippen molar-refractivity contribution in [2.24, 2.45) is 0 Å². The minimum Gasteiger partial charge on any atom is -0.465 e. The van der Waals surface area contributed by atoms with Gasteiger partial charge in [-0.2, -0.15) is 4.52 Å². The summed E-state index contributed by atoms with van der Waals surface area (Å²) in [6.45, 7) is 1.92. The maximum Gasteiger partial charge on any atom is 0.339 e. The first kappa shape index (κ1) is 17.1. The number of esters is 1. The molecule has 0 amide bonds. The molecule has 2 aromatic heterocycles. The van der Waals surface area contributed by atoms with E-state index in [1.165, 1.54) is 29.8 Å². The maximum absolute atomic E-state index is 13.4. The van der Waals surface area contributed by atoms with Crippen LogP contribution in [0.1, 0.15) is 15.9 Å². The molecule has 2 aromatic carbocycles. The summed E-state index contributed by atoms with van der Waals surface area (Å²) < 4.78 is 32.9. The number of carbonyl (C=O) groups is 1. The minimum atomic E-state index is -4.09. The Labute approximate surface area is 154 Å². The topological polar surface area (TPSA) is 104 Å². The third-order valence-corrected chi connectivity index (χ3v) is 6.08. The number of methoxy groups -OCH3 is 1. The maximum atomic E-state index is 13.4. The number of sulfone groups is 1. The summed E-state index contributed by atoms with van der Waals surface area (Å²) in [4.78, 5) is 11.8. The molecule has 4 rings (SSSR count). The number of hydrogen-bond donors (Lipinski definition) is 0. The van der Waals surface area contributed by atoms with Crippen molar-refractivity contribution in [1.82, 2.24) is 20.0 Å². The molecule has 0 N–H and O–H groups in total. The fourth-order valence-electron chi connectivity index (χ4n) is 2.96. The van der Waals surface area contributed by atoms with Crippen LogP contribution >= 0.6 is 0 Å². The van der Waals surface area contributed by atoms with Gasteiger partial charge in [-0.3, -0.25) is 0 Å². The largest absolute Gasteiger partial charge is 0.465 e. The number of pyridine rings is 1. The Hall–Kier alpha value is -3.33. The molecule has 0 fully saturated rings. The molecule has 2 heterocycles. The summed E-state index contributed by atoms with van der Waals surface area (Å²) in [6.07, 6.45) is 0. The molecule has 9 heteroatoms. The van der Waals surface area contributed by atoms with Crippen molar-refractivity contribution < 1.29 is 17.9 Å². The van der Waals surface area contributed by atoms with Crippen LogP contribution in [0.2, 0.25) is 0 Å². The zero-order chi connectivity index (χ0) is 19.2. The number of rotatable bonds is 3. The Balaban J connectivity index is 2.06. The highest BCUT2D eigenvalue weighted by Crippen LogP contribution is 2.30. The van der Waals surface area contributed by atoms with E-state index in [0.29, 0.717) is 10.9 Å². The molecule has 0 aliphatic carbocycles. The first-order valence-corrected chi connectivity index (χ1v) is 9.45. The lowest BCUT2D eigenvalue weighted by molar-refractivity contribution is 0.0596. The van der Waals surface area contributed by atoms with Crippen LogP contribution in [0.3, 0.4) is 0 Å². The monoisotopic (exact) mass is 382 g/mol. The van der Waals surface area contributed by atoms with E-state index in [1.54, 1.807) is 18.2 Å². The fraction of sp³-hybridized carbons (Fsp3) is 0.111. The lowest BCUT2D eigenvalue weighted by atomic mass is 10.1. The van der Waals surface area contributed by atoms with Crippen LogP contribution in [0.15, 0.2) is 58.3 Å². The quantitative estimate of drug-likeness (QED) is 0.500. The van der Waals surface area contributed by atoms with Gasteiger partial charge >= 0.3 is 5.97 Å². The molecule has 0 spiro atoms. The average Bonchev–Trinajstić information content (AvgIpc) is 3.16. The van der Waals surface area contributed by atoms with Crippen LogP contribution in [0, 0.1) is 6.92 Å². The summed E-state index contributed by atoms with van der Waals surface area (Å²) in [5.41, 5.74) is 1.73. The van der Waals surface area contributed by atoms with E-state index in [-0.39, 0.29) is 21.0 Å². The zero-order valence-electron chi connectivity index (χ0n) is 14.4.